The molecule has 0 bridgehead atoms. The third-order valence-corrected chi connectivity index (χ3v) is 3.85. The van der Waals surface area contributed by atoms with E-state index in [9.17, 15) is 5.26 Å². The molecule has 1 unspecified atom stereocenters. The van der Waals surface area contributed by atoms with Crippen molar-refractivity contribution in [3.05, 3.63) is 78.1 Å². The quantitative estimate of drug-likeness (QED) is 0.678. The van der Waals surface area contributed by atoms with E-state index in [1.165, 1.54) is 0 Å². The van der Waals surface area contributed by atoms with E-state index in [4.69, 9.17) is 0 Å². The van der Waals surface area contributed by atoms with Gasteiger partial charge in [0.2, 0.25) is 0 Å². The number of aromatic amines is 1. The lowest BCUT2D eigenvalue weighted by atomic mass is 9.94. The van der Waals surface area contributed by atoms with Crippen LogP contribution in [0.25, 0.3) is 10.9 Å². The molecule has 0 aliphatic carbocycles. The molecule has 22 heavy (non-hydrogen) atoms. The Bertz CT molecular complexity index is 838. The van der Waals surface area contributed by atoms with E-state index in [-0.39, 0.29) is 5.92 Å². The van der Waals surface area contributed by atoms with Crippen LogP contribution in [-0.2, 0) is 0 Å². The van der Waals surface area contributed by atoms with Crippen molar-refractivity contribution >= 4 is 16.6 Å². The van der Waals surface area contributed by atoms with Crippen molar-refractivity contribution in [3.63, 3.8) is 0 Å². The standard InChI is InChI=1S/C19H17N3/c1-14(18-13-22-19-10-6-5-9-17(18)19)15(11-20)12-21-16-7-3-2-4-8-16/h2-10,12-14,21-22H,1H3. The van der Waals surface area contributed by atoms with Crippen LogP contribution in [0.3, 0.4) is 0 Å². The van der Waals surface area contributed by atoms with Crippen LogP contribution in [0, 0.1) is 11.3 Å². The fraction of sp³-hybridized carbons (Fsp3) is 0.105. The summed E-state index contributed by atoms with van der Waals surface area (Å²) in [5, 5.41) is 13.8. The maximum Gasteiger partial charge on any atom is 0.0968 e. The number of nitrogens with one attached hydrogen (secondary N) is 2. The minimum absolute atomic E-state index is 0.0253. The first-order valence-corrected chi connectivity index (χ1v) is 7.27. The molecule has 3 nitrogen and oxygen atoms in total. The fourth-order valence-electron chi connectivity index (χ4n) is 2.57. The van der Waals surface area contributed by atoms with Crippen LogP contribution in [0.1, 0.15) is 18.4 Å². The highest BCUT2D eigenvalue weighted by atomic mass is 14.8. The van der Waals surface area contributed by atoms with Crippen LogP contribution >= 0.6 is 0 Å². The minimum atomic E-state index is 0.0253. The number of hydrogen-bond acceptors (Lipinski definition) is 2. The zero-order valence-corrected chi connectivity index (χ0v) is 12.4. The first-order chi connectivity index (χ1) is 10.8. The number of fused-ring (bicyclic) bond motifs is 1. The van der Waals surface area contributed by atoms with Crippen LogP contribution in [-0.4, -0.2) is 4.98 Å². The molecule has 1 heterocycles. The van der Waals surface area contributed by atoms with Crippen molar-refractivity contribution in [3.8, 4) is 6.07 Å². The monoisotopic (exact) mass is 287 g/mol. The largest absolute Gasteiger partial charge is 0.361 e. The lowest BCUT2D eigenvalue weighted by Crippen LogP contribution is -1.99. The average Bonchev–Trinajstić information content (AvgIpc) is 3.00. The molecule has 3 heteroatoms. The van der Waals surface area contributed by atoms with Gasteiger partial charge >= 0.3 is 0 Å². The lowest BCUT2D eigenvalue weighted by molar-refractivity contribution is 0.932. The minimum Gasteiger partial charge on any atom is -0.361 e. The van der Waals surface area contributed by atoms with Crippen LogP contribution in [0.15, 0.2) is 72.6 Å². The van der Waals surface area contributed by atoms with Crippen molar-refractivity contribution in [1.82, 2.24) is 4.98 Å². The molecule has 2 N–H and O–H groups in total. The first-order valence-electron chi connectivity index (χ1n) is 7.27. The predicted molar refractivity (Wildman–Crippen MR) is 90.5 cm³/mol. The number of nitrogens with zero attached hydrogens (tertiary/aromatic N) is 1. The van der Waals surface area contributed by atoms with Gasteiger partial charge in [-0.2, -0.15) is 5.26 Å². The topological polar surface area (TPSA) is 51.6 Å². The van der Waals surface area contributed by atoms with E-state index < -0.39 is 0 Å². The average molecular weight is 287 g/mol. The normalized spacial score (nSPS) is 12.8. The number of allylic oxidation sites excluding steroid dienone is 1. The molecule has 0 radical (unpaired) electrons. The SMILES string of the molecule is CC(C(C#N)=CNc1ccccc1)c1c[nH]c2ccccc12. The second-order valence-corrected chi connectivity index (χ2v) is 5.23. The van der Waals surface area contributed by atoms with Gasteiger partial charge in [-0.15, -0.1) is 0 Å². The molecule has 0 spiro atoms. The second kappa shape index (κ2) is 6.19. The summed E-state index contributed by atoms with van der Waals surface area (Å²) in [5.74, 6) is 0.0253. The fourth-order valence-corrected chi connectivity index (χ4v) is 2.57. The molecule has 0 saturated carbocycles. The Morgan fingerprint density at radius 2 is 1.86 bits per heavy atom. The van der Waals surface area contributed by atoms with E-state index in [2.05, 4.69) is 29.4 Å². The highest BCUT2D eigenvalue weighted by Crippen LogP contribution is 2.30. The maximum atomic E-state index is 9.48. The van der Waals surface area contributed by atoms with Gasteiger partial charge in [0.25, 0.3) is 0 Å². The zero-order valence-electron chi connectivity index (χ0n) is 12.4. The smallest absolute Gasteiger partial charge is 0.0968 e. The van der Waals surface area contributed by atoms with Gasteiger partial charge < -0.3 is 10.3 Å². The van der Waals surface area contributed by atoms with Gasteiger partial charge in [-0.05, 0) is 23.8 Å². The van der Waals surface area contributed by atoms with Gasteiger partial charge in [0.05, 0.1) is 11.6 Å². The Hall–Kier alpha value is -2.99. The van der Waals surface area contributed by atoms with Crippen molar-refractivity contribution < 1.29 is 0 Å². The molecule has 1 aromatic heterocycles. The van der Waals surface area contributed by atoms with Crippen molar-refractivity contribution in [2.45, 2.75) is 12.8 Å². The Morgan fingerprint density at radius 3 is 2.64 bits per heavy atom. The van der Waals surface area contributed by atoms with E-state index in [0.717, 1.165) is 22.2 Å². The van der Waals surface area contributed by atoms with Gasteiger partial charge in [0.15, 0.2) is 0 Å². The third kappa shape index (κ3) is 2.72. The van der Waals surface area contributed by atoms with Gasteiger partial charge in [0, 0.05) is 34.9 Å². The summed E-state index contributed by atoms with van der Waals surface area (Å²) in [5.41, 5.74) is 3.91. The Kier molecular flexibility index (Phi) is 3.93. The second-order valence-electron chi connectivity index (χ2n) is 5.23. The molecule has 2 aromatic carbocycles. The third-order valence-electron chi connectivity index (χ3n) is 3.85. The Morgan fingerprint density at radius 1 is 1.14 bits per heavy atom. The highest BCUT2D eigenvalue weighted by molar-refractivity contribution is 5.84. The van der Waals surface area contributed by atoms with Crippen molar-refractivity contribution in [2.75, 3.05) is 5.32 Å². The summed E-state index contributed by atoms with van der Waals surface area (Å²) < 4.78 is 0. The summed E-state index contributed by atoms with van der Waals surface area (Å²) in [4.78, 5) is 3.26. The zero-order chi connectivity index (χ0) is 15.4. The van der Waals surface area contributed by atoms with Gasteiger partial charge in [-0.25, -0.2) is 0 Å². The van der Waals surface area contributed by atoms with Crippen LogP contribution < -0.4 is 5.32 Å². The van der Waals surface area contributed by atoms with E-state index in [1.54, 1.807) is 6.20 Å². The molecular formula is C19H17N3. The number of nitriles is 1. The molecule has 0 saturated heterocycles. The van der Waals surface area contributed by atoms with Crippen molar-refractivity contribution in [2.24, 2.45) is 0 Å². The maximum absolute atomic E-state index is 9.48. The summed E-state index contributed by atoms with van der Waals surface area (Å²) >= 11 is 0. The number of rotatable bonds is 4. The number of para-hydroxylation sites is 2. The molecule has 0 amide bonds. The van der Waals surface area contributed by atoms with Crippen LogP contribution in [0.5, 0.6) is 0 Å². The van der Waals surface area contributed by atoms with E-state index in [1.807, 2.05) is 54.7 Å². The molecule has 0 aliphatic rings. The number of H-pyrrole nitrogens is 1. The van der Waals surface area contributed by atoms with Gasteiger partial charge in [-0.3, -0.25) is 0 Å². The summed E-state index contributed by atoms with van der Waals surface area (Å²) in [6, 6.07) is 20.3. The lowest BCUT2D eigenvalue weighted by Gasteiger charge is -2.10. The van der Waals surface area contributed by atoms with Gasteiger partial charge in [-0.1, -0.05) is 43.3 Å². The molecular weight excluding hydrogens is 270 g/mol. The molecule has 0 aliphatic heterocycles. The predicted octanol–water partition coefficient (Wildman–Crippen LogP) is 4.79. The molecule has 0 fully saturated rings. The van der Waals surface area contributed by atoms with Crippen molar-refractivity contribution in [1.29, 1.82) is 5.26 Å². The van der Waals surface area contributed by atoms with Crippen LogP contribution in [0.2, 0.25) is 0 Å². The van der Waals surface area contributed by atoms with Gasteiger partial charge in [0.1, 0.15) is 0 Å². The summed E-state index contributed by atoms with van der Waals surface area (Å²) in [6.45, 7) is 2.05. The Labute approximate surface area is 129 Å². The highest BCUT2D eigenvalue weighted by Gasteiger charge is 2.15. The first kappa shape index (κ1) is 14.0. The number of anilines is 1. The Balaban J connectivity index is 1.89. The molecule has 108 valence electrons. The number of hydrogen-bond donors (Lipinski definition) is 2. The van der Waals surface area contributed by atoms with E-state index in [0.29, 0.717) is 5.57 Å². The molecule has 3 rings (SSSR count). The number of aromatic nitrogens is 1. The summed E-state index contributed by atoms with van der Waals surface area (Å²) in [6.07, 6.45) is 3.78. The number of benzene rings is 2. The molecule has 3 aromatic rings. The van der Waals surface area contributed by atoms with E-state index >= 15 is 0 Å². The molecule has 1 atom stereocenters. The summed E-state index contributed by atoms with van der Waals surface area (Å²) in [7, 11) is 0. The van der Waals surface area contributed by atoms with Crippen LogP contribution in [0.4, 0.5) is 5.69 Å².